The van der Waals surface area contributed by atoms with Crippen molar-refractivity contribution >= 4 is 5.69 Å². The molecule has 0 aliphatic carbocycles. The lowest BCUT2D eigenvalue weighted by atomic mass is 10.2. The first-order valence-corrected chi connectivity index (χ1v) is 5.42. The Morgan fingerprint density at radius 3 is 2.47 bits per heavy atom. The average Bonchev–Trinajstić information content (AvgIpc) is 2.41. The summed E-state index contributed by atoms with van der Waals surface area (Å²) in [6.45, 7) is -0.391. The second-order valence-corrected chi connectivity index (χ2v) is 3.76. The molecule has 0 spiro atoms. The molecule has 0 saturated heterocycles. The van der Waals surface area contributed by atoms with E-state index < -0.39 is 17.3 Å². The number of aliphatic hydroxyl groups is 1. The average molecular weight is 263 g/mol. The normalized spacial score (nSPS) is 10.2. The lowest BCUT2D eigenvalue weighted by molar-refractivity contribution is -0.385. The van der Waals surface area contributed by atoms with Gasteiger partial charge in [-0.2, -0.15) is 0 Å². The van der Waals surface area contributed by atoms with Crippen LogP contribution < -0.4 is 4.74 Å². The SMILES string of the molecule is O=[N+]([O-])c1ccc(Oc2ccc(F)cc2)c(CO)c1. The minimum atomic E-state index is -0.555. The second-order valence-electron chi connectivity index (χ2n) is 3.76. The molecule has 0 amide bonds. The zero-order chi connectivity index (χ0) is 13.8. The number of aliphatic hydroxyl groups excluding tert-OH is 1. The number of hydrogen-bond acceptors (Lipinski definition) is 4. The first kappa shape index (κ1) is 13.0. The number of benzene rings is 2. The summed E-state index contributed by atoms with van der Waals surface area (Å²) >= 11 is 0. The molecular weight excluding hydrogens is 253 g/mol. The van der Waals surface area contributed by atoms with E-state index in [9.17, 15) is 19.6 Å². The highest BCUT2D eigenvalue weighted by Gasteiger charge is 2.11. The zero-order valence-electron chi connectivity index (χ0n) is 9.75. The smallest absolute Gasteiger partial charge is 0.270 e. The van der Waals surface area contributed by atoms with Crippen molar-refractivity contribution in [1.29, 1.82) is 0 Å². The maximum atomic E-state index is 12.7. The van der Waals surface area contributed by atoms with Gasteiger partial charge in [0.05, 0.1) is 11.5 Å². The highest BCUT2D eigenvalue weighted by atomic mass is 19.1. The summed E-state index contributed by atoms with van der Waals surface area (Å²) in [6, 6.07) is 9.23. The van der Waals surface area contributed by atoms with Crippen LogP contribution >= 0.6 is 0 Å². The summed E-state index contributed by atoms with van der Waals surface area (Å²) in [6.07, 6.45) is 0. The molecule has 0 aliphatic rings. The molecule has 0 unspecified atom stereocenters. The molecule has 0 heterocycles. The van der Waals surface area contributed by atoms with Crippen LogP contribution in [0.15, 0.2) is 42.5 Å². The minimum Gasteiger partial charge on any atom is -0.457 e. The molecule has 1 N–H and O–H groups in total. The number of ether oxygens (including phenoxy) is 1. The predicted molar refractivity (Wildman–Crippen MR) is 65.5 cm³/mol. The fourth-order valence-corrected chi connectivity index (χ4v) is 1.53. The van der Waals surface area contributed by atoms with E-state index in [1.165, 1.54) is 42.5 Å². The van der Waals surface area contributed by atoms with Gasteiger partial charge in [-0.25, -0.2) is 4.39 Å². The van der Waals surface area contributed by atoms with Crippen molar-refractivity contribution in [2.75, 3.05) is 0 Å². The van der Waals surface area contributed by atoms with Gasteiger partial charge in [0.15, 0.2) is 0 Å². The van der Waals surface area contributed by atoms with E-state index in [1.54, 1.807) is 0 Å². The van der Waals surface area contributed by atoms with Crippen molar-refractivity contribution in [1.82, 2.24) is 0 Å². The standard InChI is InChI=1S/C13H10FNO4/c14-10-1-4-12(5-2-10)19-13-6-3-11(15(17)18)7-9(13)8-16/h1-7,16H,8H2. The van der Waals surface area contributed by atoms with Gasteiger partial charge < -0.3 is 9.84 Å². The number of nitrogens with zero attached hydrogens (tertiary/aromatic N) is 1. The number of nitro groups is 1. The molecule has 19 heavy (non-hydrogen) atoms. The lowest BCUT2D eigenvalue weighted by Gasteiger charge is -2.09. The molecular formula is C13H10FNO4. The van der Waals surface area contributed by atoms with Crippen molar-refractivity contribution in [3.05, 3.63) is 64.0 Å². The van der Waals surface area contributed by atoms with Crippen molar-refractivity contribution in [3.8, 4) is 11.5 Å². The van der Waals surface area contributed by atoms with Crippen molar-refractivity contribution in [2.45, 2.75) is 6.61 Å². The molecule has 0 fully saturated rings. The van der Waals surface area contributed by atoms with Crippen LogP contribution in [0.3, 0.4) is 0 Å². The first-order valence-electron chi connectivity index (χ1n) is 5.42. The van der Waals surface area contributed by atoms with E-state index in [1.807, 2.05) is 0 Å². The van der Waals surface area contributed by atoms with Crippen LogP contribution in [0, 0.1) is 15.9 Å². The second kappa shape index (κ2) is 5.45. The summed E-state index contributed by atoms with van der Waals surface area (Å²) in [5, 5.41) is 19.8. The van der Waals surface area contributed by atoms with Gasteiger partial charge >= 0.3 is 0 Å². The van der Waals surface area contributed by atoms with Gasteiger partial charge in [-0.1, -0.05) is 0 Å². The zero-order valence-corrected chi connectivity index (χ0v) is 9.75. The largest absolute Gasteiger partial charge is 0.457 e. The van der Waals surface area contributed by atoms with Gasteiger partial charge in [0.25, 0.3) is 5.69 Å². The first-order chi connectivity index (χ1) is 9.10. The van der Waals surface area contributed by atoms with E-state index in [0.29, 0.717) is 17.1 Å². The molecule has 0 aromatic heterocycles. The molecule has 5 nitrogen and oxygen atoms in total. The molecule has 0 aliphatic heterocycles. The Labute approximate surface area is 108 Å². The van der Waals surface area contributed by atoms with Gasteiger partial charge in [-0.3, -0.25) is 10.1 Å². The van der Waals surface area contributed by atoms with Gasteiger partial charge in [0.2, 0.25) is 0 Å². The van der Waals surface area contributed by atoms with Crippen LogP contribution in [-0.4, -0.2) is 10.0 Å². The molecule has 2 aromatic carbocycles. The van der Waals surface area contributed by atoms with Crippen LogP contribution in [0.25, 0.3) is 0 Å². The molecule has 0 bridgehead atoms. The summed E-state index contributed by atoms with van der Waals surface area (Å²) < 4.78 is 18.2. The van der Waals surface area contributed by atoms with Crippen molar-refractivity contribution < 1.29 is 19.2 Å². The molecule has 0 atom stereocenters. The maximum Gasteiger partial charge on any atom is 0.270 e. The molecule has 2 aromatic rings. The van der Waals surface area contributed by atoms with Crippen molar-refractivity contribution in [2.24, 2.45) is 0 Å². The maximum absolute atomic E-state index is 12.7. The fourth-order valence-electron chi connectivity index (χ4n) is 1.53. The molecule has 2 rings (SSSR count). The molecule has 0 radical (unpaired) electrons. The van der Waals surface area contributed by atoms with Gasteiger partial charge in [-0.15, -0.1) is 0 Å². The lowest BCUT2D eigenvalue weighted by Crippen LogP contribution is -1.95. The number of rotatable bonds is 4. The number of nitro benzene ring substituents is 1. The van der Waals surface area contributed by atoms with Gasteiger partial charge in [-0.05, 0) is 30.3 Å². The Kier molecular flexibility index (Phi) is 3.72. The Balaban J connectivity index is 2.29. The topological polar surface area (TPSA) is 72.6 Å². The highest BCUT2D eigenvalue weighted by Crippen LogP contribution is 2.28. The van der Waals surface area contributed by atoms with Crippen LogP contribution in [0.1, 0.15) is 5.56 Å². The Hall–Kier alpha value is -2.47. The molecule has 98 valence electrons. The van der Waals surface area contributed by atoms with E-state index >= 15 is 0 Å². The third-order valence-electron chi connectivity index (χ3n) is 2.47. The summed E-state index contributed by atoms with van der Waals surface area (Å²) in [5.74, 6) is 0.281. The number of hydrogen-bond donors (Lipinski definition) is 1. The van der Waals surface area contributed by atoms with Crippen LogP contribution in [0.2, 0.25) is 0 Å². The van der Waals surface area contributed by atoms with E-state index in [4.69, 9.17) is 4.74 Å². The highest BCUT2D eigenvalue weighted by molar-refractivity contribution is 5.45. The Morgan fingerprint density at radius 1 is 1.21 bits per heavy atom. The summed E-state index contributed by atoms with van der Waals surface area (Å²) in [4.78, 5) is 10.1. The van der Waals surface area contributed by atoms with Gasteiger partial charge in [0, 0.05) is 17.7 Å². The van der Waals surface area contributed by atoms with E-state index in [2.05, 4.69) is 0 Å². The van der Waals surface area contributed by atoms with Crippen LogP contribution in [-0.2, 0) is 6.61 Å². The van der Waals surface area contributed by atoms with Crippen molar-refractivity contribution in [3.63, 3.8) is 0 Å². The van der Waals surface area contributed by atoms with Crippen LogP contribution in [0.5, 0.6) is 11.5 Å². The fraction of sp³-hybridized carbons (Fsp3) is 0.0769. The quantitative estimate of drug-likeness (QED) is 0.679. The summed E-state index contributed by atoms with van der Waals surface area (Å²) in [7, 11) is 0. The summed E-state index contributed by atoms with van der Waals surface area (Å²) in [5.41, 5.74) is 0.161. The third kappa shape index (κ3) is 3.05. The third-order valence-corrected chi connectivity index (χ3v) is 2.47. The van der Waals surface area contributed by atoms with Crippen LogP contribution in [0.4, 0.5) is 10.1 Å². The minimum absolute atomic E-state index is 0.129. The predicted octanol–water partition coefficient (Wildman–Crippen LogP) is 3.02. The number of halogens is 1. The van der Waals surface area contributed by atoms with E-state index in [0.717, 1.165) is 0 Å². The Morgan fingerprint density at radius 2 is 1.89 bits per heavy atom. The molecule has 0 saturated carbocycles. The van der Waals surface area contributed by atoms with E-state index in [-0.39, 0.29) is 5.69 Å². The Bertz CT molecular complexity index is 598. The van der Waals surface area contributed by atoms with Gasteiger partial charge in [0.1, 0.15) is 17.3 Å². The molecule has 6 heteroatoms. The number of non-ortho nitro benzene ring substituents is 1. The monoisotopic (exact) mass is 263 g/mol.